The van der Waals surface area contributed by atoms with Crippen LogP contribution in [0.4, 0.5) is 0 Å². The molecule has 0 aliphatic carbocycles. The van der Waals surface area contributed by atoms with Crippen molar-refractivity contribution in [2.75, 3.05) is 13.2 Å². The summed E-state index contributed by atoms with van der Waals surface area (Å²) in [6, 6.07) is 0. The molecule has 2 aliphatic rings. The molecular formula is C27H46O10. The number of carboxylic acids is 2. The third-order valence-corrected chi connectivity index (χ3v) is 7.26. The van der Waals surface area contributed by atoms with E-state index in [4.69, 9.17) is 18.9 Å². The van der Waals surface area contributed by atoms with Crippen LogP contribution < -0.4 is 0 Å². The van der Waals surface area contributed by atoms with Crippen molar-refractivity contribution in [3.63, 3.8) is 0 Å². The number of hydrogen-bond acceptors (Lipinski definition) is 8. The SMILES string of the molecule is C.CC(C)C(C(=O)O)C(C(=O)OC1CO[C@@H]2C(OC(=O)C(C(C)C)C(C(=O)O)C(C)C)CO[C@H]12)C(C)C. The van der Waals surface area contributed by atoms with Crippen LogP contribution in [0, 0.1) is 47.3 Å². The first-order valence-electron chi connectivity index (χ1n) is 12.8. The minimum absolute atomic E-state index is 0. The third-order valence-electron chi connectivity index (χ3n) is 7.26. The Kier molecular flexibility index (Phi) is 12.0. The smallest absolute Gasteiger partial charge is 0.310 e. The van der Waals surface area contributed by atoms with Gasteiger partial charge in [-0.1, -0.05) is 62.8 Å². The van der Waals surface area contributed by atoms with E-state index in [1.807, 2.05) is 0 Å². The zero-order valence-corrected chi connectivity index (χ0v) is 22.5. The molecule has 2 N–H and O–H groups in total. The van der Waals surface area contributed by atoms with Crippen LogP contribution in [-0.2, 0) is 38.1 Å². The van der Waals surface area contributed by atoms with Gasteiger partial charge >= 0.3 is 23.9 Å². The molecule has 8 atom stereocenters. The van der Waals surface area contributed by atoms with Gasteiger partial charge in [-0.25, -0.2) is 0 Å². The van der Waals surface area contributed by atoms with Crippen molar-refractivity contribution in [3.8, 4) is 0 Å². The van der Waals surface area contributed by atoms with Gasteiger partial charge in [-0.3, -0.25) is 19.2 Å². The molecule has 0 bridgehead atoms. The van der Waals surface area contributed by atoms with E-state index >= 15 is 0 Å². The van der Waals surface area contributed by atoms with E-state index in [0.717, 1.165) is 0 Å². The van der Waals surface area contributed by atoms with Gasteiger partial charge in [-0.15, -0.1) is 0 Å². The van der Waals surface area contributed by atoms with Crippen molar-refractivity contribution in [1.82, 2.24) is 0 Å². The van der Waals surface area contributed by atoms with Crippen molar-refractivity contribution in [2.45, 2.75) is 87.2 Å². The lowest BCUT2D eigenvalue weighted by Crippen LogP contribution is -2.43. The normalized spacial score (nSPS) is 26.4. The highest BCUT2D eigenvalue weighted by atomic mass is 16.7. The fourth-order valence-electron chi connectivity index (χ4n) is 5.46. The molecule has 37 heavy (non-hydrogen) atoms. The Hall–Kier alpha value is -2.20. The maximum absolute atomic E-state index is 13.1. The van der Waals surface area contributed by atoms with Crippen LogP contribution in [0.2, 0.25) is 0 Å². The Morgan fingerprint density at radius 1 is 0.595 bits per heavy atom. The van der Waals surface area contributed by atoms with Crippen molar-refractivity contribution in [3.05, 3.63) is 0 Å². The molecule has 0 aromatic heterocycles. The fourth-order valence-corrected chi connectivity index (χ4v) is 5.46. The van der Waals surface area contributed by atoms with Crippen molar-refractivity contribution >= 4 is 23.9 Å². The molecule has 6 unspecified atom stereocenters. The van der Waals surface area contributed by atoms with Crippen molar-refractivity contribution in [2.24, 2.45) is 47.3 Å². The highest BCUT2D eigenvalue weighted by Gasteiger charge is 2.53. The summed E-state index contributed by atoms with van der Waals surface area (Å²) in [5.41, 5.74) is 0. The van der Waals surface area contributed by atoms with Crippen LogP contribution in [0.1, 0.15) is 62.8 Å². The van der Waals surface area contributed by atoms with E-state index in [1.165, 1.54) is 0 Å². The van der Waals surface area contributed by atoms with Crippen molar-refractivity contribution in [1.29, 1.82) is 0 Å². The van der Waals surface area contributed by atoms with Crippen LogP contribution in [0.15, 0.2) is 0 Å². The second-order valence-electron chi connectivity index (χ2n) is 11.3. The summed E-state index contributed by atoms with van der Waals surface area (Å²) in [7, 11) is 0. The van der Waals surface area contributed by atoms with Gasteiger partial charge in [0.25, 0.3) is 0 Å². The topological polar surface area (TPSA) is 146 Å². The molecule has 0 aromatic rings. The number of fused-ring (bicyclic) bond motifs is 1. The van der Waals surface area contributed by atoms with Gasteiger partial charge in [-0.05, 0) is 23.7 Å². The first kappa shape index (κ1) is 32.8. The number of rotatable bonds is 12. The first-order valence-corrected chi connectivity index (χ1v) is 12.8. The van der Waals surface area contributed by atoms with Gasteiger partial charge in [0, 0.05) is 0 Å². The van der Waals surface area contributed by atoms with Gasteiger partial charge in [0.15, 0.2) is 12.2 Å². The number of ether oxygens (including phenoxy) is 4. The standard InChI is InChI=1S/C26H42O10.CH4/c1-11(2)17(23(27)28)19(13(5)6)25(31)35-15-9-33-22-16(10-34-21(15)22)36-26(32)20(14(7)8)18(12(3)4)24(29)30;/h11-22H,9-10H2,1-8H3,(H,27,28)(H,29,30);1H4/t15?,16?,17?,18?,19?,20?,21-,22-;/m1./s1. The zero-order chi connectivity index (χ0) is 27.5. The van der Waals surface area contributed by atoms with Gasteiger partial charge in [0.05, 0.1) is 36.9 Å². The summed E-state index contributed by atoms with van der Waals surface area (Å²) >= 11 is 0. The van der Waals surface area contributed by atoms with E-state index in [9.17, 15) is 29.4 Å². The molecule has 2 fully saturated rings. The maximum atomic E-state index is 13.1. The number of esters is 2. The summed E-state index contributed by atoms with van der Waals surface area (Å²) in [6.07, 6.45) is -2.87. The Bertz CT molecular complexity index is 739. The number of carbonyl (C=O) groups is 4. The monoisotopic (exact) mass is 530 g/mol. The fraction of sp³-hybridized carbons (Fsp3) is 0.852. The molecule has 2 rings (SSSR count). The van der Waals surface area contributed by atoms with Crippen LogP contribution in [0.3, 0.4) is 0 Å². The molecule has 2 aliphatic heterocycles. The molecule has 10 nitrogen and oxygen atoms in total. The van der Waals surface area contributed by atoms with Gasteiger partial charge in [0.1, 0.15) is 12.2 Å². The highest BCUT2D eigenvalue weighted by Crippen LogP contribution is 2.36. The van der Waals surface area contributed by atoms with E-state index < -0.39 is 72.0 Å². The lowest BCUT2D eigenvalue weighted by Gasteiger charge is -2.30. The van der Waals surface area contributed by atoms with Crippen LogP contribution in [0.5, 0.6) is 0 Å². The average Bonchev–Trinajstić information content (AvgIpc) is 3.31. The third kappa shape index (κ3) is 7.44. The zero-order valence-electron chi connectivity index (χ0n) is 22.5. The Morgan fingerprint density at radius 2 is 0.865 bits per heavy atom. The molecule has 0 radical (unpaired) electrons. The molecule has 0 saturated carbocycles. The Labute approximate surface area is 220 Å². The quantitative estimate of drug-likeness (QED) is 0.359. The molecule has 10 heteroatoms. The predicted octanol–water partition coefficient (Wildman–Crippen LogP) is 3.50. The van der Waals surface area contributed by atoms with Gasteiger partial charge in [-0.2, -0.15) is 0 Å². The molecular weight excluding hydrogens is 484 g/mol. The number of carbonyl (C=O) groups excluding carboxylic acids is 2. The summed E-state index contributed by atoms with van der Waals surface area (Å²) < 4.78 is 23.0. The first-order chi connectivity index (χ1) is 16.7. The lowest BCUT2D eigenvalue weighted by molar-refractivity contribution is -0.170. The molecule has 0 amide bonds. The molecule has 214 valence electrons. The number of aliphatic carboxylic acids is 2. The number of hydrogen-bond donors (Lipinski definition) is 2. The lowest BCUT2D eigenvalue weighted by atomic mass is 9.77. The summed E-state index contributed by atoms with van der Waals surface area (Å²) in [4.78, 5) is 49.8. The van der Waals surface area contributed by atoms with Crippen LogP contribution in [-0.4, -0.2) is 71.7 Å². The summed E-state index contributed by atoms with van der Waals surface area (Å²) in [6.45, 7) is 14.2. The summed E-state index contributed by atoms with van der Waals surface area (Å²) in [5.74, 6) is -7.86. The van der Waals surface area contributed by atoms with Crippen LogP contribution in [0.25, 0.3) is 0 Å². The van der Waals surface area contributed by atoms with Crippen LogP contribution >= 0.6 is 0 Å². The summed E-state index contributed by atoms with van der Waals surface area (Å²) in [5, 5.41) is 19.4. The molecule has 0 aromatic carbocycles. The second kappa shape index (κ2) is 13.6. The Balaban J connectivity index is 0.00000684. The van der Waals surface area contributed by atoms with Gasteiger partial charge < -0.3 is 29.2 Å². The molecule has 2 saturated heterocycles. The number of carboxylic acid groups (broad SMARTS) is 2. The minimum atomic E-state index is -1.05. The minimum Gasteiger partial charge on any atom is -0.481 e. The highest BCUT2D eigenvalue weighted by molar-refractivity contribution is 5.82. The van der Waals surface area contributed by atoms with Crippen molar-refractivity contribution < 1.29 is 48.3 Å². The largest absolute Gasteiger partial charge is 0.481 e. The van der Waals surface area contributed by atoms with E-state index in [2.05, 4.69) is 0 Å². The van der Waals surface area contributed by atoms with E-state index in [0.29, 0.717) is 0 Å². The molecule has 0 spiro atoms. The maximum Gasteiger partial charge on any atom is 0.310 e. The molecule has 2 heterocycles. The average molecular weight is 531 g/mol. The van der Waals surface area contributed by atoms with Gasteiger partial charge in [0.2, 0.25) is 0 Å². The Morgan fingerprint density at radius 3 is 1.08 bits per heavy atom. The predicted molar refractivity (Wildman–Crippen MR) is 135 cm³/mol. The van der Waals surface area contributed by atoms with E-state index in [1.54, 1.807) is 55.4 Å². The second-order valence-corrected chi connectivity index (χ2v) is 11.3. The van der Waals surface area contributed by atoms with E-state index in [-0.39, 0.29) is 44.3 Å².